The number of nitrogens with zero attached hydrogens (tertiary/aromatic N) is 3. The monoisotopic (exact) mass is 1670 g/mol. The zero-order valence-corrected chi connectivity index (χ0v) is 65.4. The van der Waals surface area contributed by atoms with E-state index in [1.165, 1.54) is 24.1 Å². The van der Waals surface area contributed by atoms with Crippen LogP contribution in [-0.2, 0) is 37.9 Å². The van der Waals surface area contributed by atoms with Gasteiger partial charge < -0.3 is 67.7 Å². The molecule has 1 unspecified atom stereocenters. The van der Waals surface area contributed by atoms with Crippen LogP contribution in [0.15, 0.2) is 132 Å². The summed E-state index contributed by atoms with van der Waals surface area (Å²) in [6, 6.07) is 32.9. The molecule has 7 saturated heterocycles. The van der Waals surface area contributed by atoms with E-state index in [1.54, 1.807) is 24.3 Å². The van der Waals surface area contributed by atoms with Gasteiger partial charge in [-0.05, 0) is 262 Å². The minimum atomic E-state index is -4.89. The number of piperidine rings is 3. The van der Waals surface area contributed by atoms with Crippen molar-refractivity contribution in [1.29, 1.82) is 0 Å². The number of carboxylic acid groups (broad SMARTS) is 3. The van der Waals surface area contributed by atoms with Gasteiger partial charge in [-0.25, -0.2) is 14.4 Å². The first-order chi connectivity index (χ1) is 54.3. The Balaban J connectivity index is 0.000000138. The van der Waals surface area contributed by atoms with E-state index < -0.39 is 54.2 Å². The molecular formula is C84H90BBrF9N3O17. The molecule has 31 heteroatoms. The third-order valence-corrected chi connectivity index (χ3v) is 25.4. The number of benzene rings is 6. The van der Waals surface area contributed by atoms with E-state index in [-0.39, 0.29) is 97.5 Å². The number of likely N-dealkylation sites (tertiary alicyclic amines) is 3. The highest BCUT2D eigenvalue weighted by Crippen LogP contribution is 2.67. The van der Waals surface area contributed by atoms with Crippen molar-refractivity contribution in [2.75, 3.05) is 59.1 Å². The molecule has 616 valence electrons. The summed E-state index contributed by atoms with van der Waals surface area (Å²) >= 11 is 2.78. The van der Waals surface area contributed by atoms with Crippen LogP contribution >= 0.6 is 15.9 Å². The van der Waals surface area contributed by atoms with E-state index in [4.69, 9.17) is 28.6 Å². The lowest BCUT2D eigenvalue weighted by Crippen LogP contribution is -2.44. The van der Waals surface area contributed by atoms with E-state index in [2.05, 4.69) is 82.1 Å². The van der Waals surface area contributed by atoms with Crippen molar-refractivity contribution in [2.24, 2.45) is 16.2 Å². The number of halogens is 10. The Labute approximate surface area is 667 Å². The van der Waals surface area contributed by atoms with E-state index in [0.29, 0.717) is 73.7 Å². The van der Waals surface area contributed by atoms with E-state index in [9.17, 15) is 78.5 Å². The first kappa shape index (κ1) is 84.2. The van der Waals surface area contributed by atoms with E-state index >= 15 is 0 Å². The fourth-order valence-corrected chi connectivity index (χ4v) is 17.7. The predicted molar refractivity (Wildman–Crippen MR) is 405 cm³/mol. The fourth-order valence-electron chi connectivity index (χ4n) is 17.3. The molecule has 7 heterocycles. The summed E-state index contributed by atoms with van der Waals surface area (Å²) in [7, 11) is -0.302. The first-order valence-corrected chi connectivity index (χ1v) is 39.5. The largest absolute Gasteiger partial charge is 0.573 e. The number of ether oxygens (including phenoxy) is 6. The molecule has 6 aromatic rings. The number of carboxylic acids is 3. The zero-order chi connectivity index (χ0) is 82.4. The number of hydrogen-bond acceptors (Lipinski definition) is 14. The van der Waals surface area contributed by atoms with Crippen molar-refractivity contribution in [1.82, 2.24) is 14.7 Å². The lowest BCUT2D eigenvalue weighted by Gasteiger charge is -2.34. The average Bonchev–Trinajstić information content (AvgIpc) is 1.58. The lowest BCUT2D eigenvalue weighted by atomic mass is 9.78. The maximum absolute atomic E-state index is 12.9. The van der Waals surface area contributed by atoms with Gasteiger partial charge >= 0.3 is 44.1 Å². The Morgan fingerprint density at radius 3 is 0.983 bits per heavy atom. The molecule has 115 heavy (non-hydrogen) atoms. The van der Waals surface area contributed by atoms with Crippen LogP contribution < -0.4 is 19.7 Å². The van der Waals surface area contributed by atoms with Crippen LogP contribution in [0.4, 0.5) is 39.5 Å². The van der Waals surface area contributed by atoms with Gasteiger partial charge in [0.25, 0.3) is 17.7 Å². The molecule has 7 aliphatic heterocycles. The van der Waals surface area contributed by atoms with Crippen LogP contribution in [0.5, 0.6) is 17.2 Å². The van der Waals surface area contributed by atoms with Crippen molar-refractivity contribution in [3.8, 4) is 39.5 Å². The molecule has 20 nitrogen and oxygen atoms in total. The van der Waals surface area contributed by atoms with Crippen molar-refractivity contribution >= 4 is 64.1 Å². The van der Waals surface area contributed by atoms with Gasteiger partial charge in [-0.3, -0.25) is 14.4 Å². The molecule has 0 bridgehead atoms. The standard InChI is InChI=1S/2C26H26F3NO5.C24H34BNO4.C8H4BrF3O3/c2*27-26(28,29)35-21-8-7-18(24(32)33)14-19(21)16-3-5-17(6-4-16)20-15-25(20)9-11-30(12-10-25)23(31)22-2-1-13-34-22;1-22(2)23(3,4)30-25(29-22)18-9-7-17(8-10-18)19-16-24(19)11-13-26(14-12-24)21(27)20-6-5-15-28-20;9-5-3-4(7(13)14)1-2-6(5)15-8(10,11)12/h2*3-8,14,20,22H,1-2,9-13,15H2,(H,32,33);7-10,19-20H,5-6,11-16H2,1-4H3;1-3H,(H,13,14)/t20-,22+;20-,22-;19?,20-;/m011./s1. The highest BCUT2D eigenvalue weighted by molar-refractivity contribution is 9.10. The summed E-state index contributed by atoms with van der Waals surface area (Å²) in [5, 5.41) is 27.1. The van der Waals surface area contributed by atoms with Crippen LogP contribution in [0.2, 0.25) is 0 Å². The summed E-state index contributed by atoms with van der Waals surface area (Å²) in [4.78, 5) is 76.9. The van der Waals surface area contributed by atoms with Crippen LogP contribution in [0, 0.1) is 16.2 Å². The van der Waals surface area contributed by atoms with Gasteiger partial charge in [0.05, 0.1) is 32.4 Å². The molecular weight excluding hydrogens is 1580 g/mol. The summed E-state index contributed by atoms with van der Waals surface area (Å²) in [5.41, 5.74) is 5.43. The Kier molecular flexibility index (Phi) is 24.4. The van der Waals surface area contributed by atoms with Gasteiger partial charge in [0.1, 0.15) is 35.6 Å². The number of aromatic carboxylic acids is 3. The van der Waals surface area contributed by atoms with Gasteiger partial charge in [0.2, 0.25) is 0 Å². The van der Waals surface area contributed by atoms with Crippen LogP contribution in [-0.4, -0.2) is 180 Å². The molecule has 3 aliphatic carbocycles. The number of alkyl halides is 9. The average molecular weight is 1680 g/mol. The highest BCUT2D eigenvalue weighted by atomic mass is 79.9. The molecule has 16 rings (SSSR count). The first-order valence-electron chi connectivity index (χ1n) is 38.7. The number of carbonyl (C=O) groups excluding carboxylic acids is 3. The normalized spacial score (nSPS) is 23.8. The second-order valence-electron chi connectivity index (χ2n) is 32.5. The summed E-state index contributed by atoms with van der Waals surface area (Å²) in [6.07, 6.45) is -0.843. The highest BCUT2D eigenvalue weighted by Gasteiger charge is 2.59. The molecule has 3 spiro atoms. The Hall–Kier alpha value is -8.75. The molecule has 0 aromatic heterocycles. The minimum Gasteiger partial charge on any atom is -0.478 e. The molecule has 6 aromatic carbocycles. The predicted octanol–water partition coefficient (Wildman–Crippen LogP) is 16.8. The van der Waals surface area contributed by atoms with Gasteiger partial charge in [-0.1, -0.05) is 72.8 Å². The molecule has 3 N–H and O–H groups in total. The zero-order valence-electron chi connectivity index (χ0n) is 63.8. The second kappa shape index (κ2) is 33.3. The van der Waals surface area contributed by atoms with Crippen LogP contribution in [0.25, 0.3) is 22.3 Å². The summed E-state index contributed by atoms with van der Waals surface area (Å²) in [5.74, 6) is -3.35. The van der Waals surface area contributed by atoms with Gasteiger partial charge in [0.15, 0.2) is 0 Å². The maximum atomic E-state index is 12.9. The molecule has 10 aliphatic rings. The molecule has 0 radical (unpaired) electrons. The third-order valence-electron chi connectivity index (χ3n) is 24.8. The van der Waals surface area contributed by atoms with Gasteiger partial charge in [0, 0.05) is 70.2 Å². The lowest BCUT2D eigenvalue weighted by molar-refractivity contribution is -0.275. The van der Waals surface area contributed by atoms with Crippen LogP contribution in [0.1, 0.15) is 190 Å². The second-order valence-corrected chi connectivity index (χ2v) is 33.3. The van der Waals surface area contributed by atoms with E-state index in [1.807, 2.05) is 39.0 Å². The number of amides is 3. The smallest absolute Gasteiger partial charge is 0.478 e. The summed E-state index contributed by atoms with van der Waals surface area (Å²) < 4.78 is 154. The summed E-state index contributed by atoms with van der Waals surface area (Å²) in [6.45, 7) is 15.0. The van der Waals surface area contributed by atoms with Crippen molar-refractivity contribution in [3.63, 3.8) is 0 Å². The Bertz CT molecular complexity index is 4350. The molecule has 3 amide bonds. The number of hydrogen-bond donors (Lipinski definition) is 3. The maximum Gasteiger partial charge on any atom is 0.573 e. The molecule has 3 saturated carbocycles. The van der Waals surface area contributed by atoms with Crippen LogP contribution in [0.3, 0.4) is 0 Å². The fraction of sp³-hybridized carbons (Fsp3) is 0.500. The number of carbonyl (C=O) groups is 6. The van der Waals surface area contributed by atoms with Crippen molar-refractivity contribution in [2.45, 2.75) is 190 Å². The van der Waals surface area contributed by atoms with Gasteiger partial charge in [-0.15, -0.1) is 39.5 Å². The van der Waals surface area contributed by atoms with Crippen molar-refractivity contribution < 1.29 is 121 Å². The minimum absolute atomic E-state index is 0.0697. The molecule has 6 atom stereocenters. The topological polar surface area (TPSA) is 247 Å². The Morgan fingerprint density at radius 2 is 0.704 bits per heavy atom. The van der Waals surface area contributed by atoms with Gasteiger partial charge in [-0.2, -0.15) is 0 Å². The van der Waals surface area contributed by atoms with Crippen molar-refractivity contribution in [3.05, 3.63) is 165 Å². The quantitative estimate of drug-likeness (QED) is 0.0639. The number of rotatable bonds is 15. The SMILES string of the molecule is CC1(C)OB(c2ccc(C3CC34CCN(C(=O)[C@H]3CCCO3)CC4)cc2)OC1(C)C.O=C(O)c1ccc(OC(F)(F)F)c(-c2ccc([C@@H]3CC34CCN(C(=O)[C@H]3CCCO3)CC4)cc2)c1.O=C(O)c1ccc(OC(F)(F)F)c(-c2ccc([C@H]3CC34CCN(C(=O)[C@H]3CCCO3)CC4)cc2)c1.O=C(O)c1ccc(OC(F)(F)F)c(Br)c1. The van der Waals surface area contributed by atoms with E-state index in [0.717, 1.165) is 169 Å². The third kappa shape index (κ3) is 19.8. The Morgan fingerprint density at radius 1 is 0.417 bits per heavy atom. The molecule has 10 fully saturated rings.